The van der Waals surface area contributed by atoms with Crippen LogP contribution in [0.15, 0.2) is 5.38 Å². The Hall–Kier alpha value is -0.450. The summed E-state index contributed by atoms with van der Waals surface area (Å²) < 4.78 is 0. The normalized spacial score (nSPS) is 21.3. The van der Waals surface area contributed by atoms with E-state index in [0.29, 0.717) is 0 Å². The molecule has 1 aromatic rings. The Bertz CT molecular complexity index is 351. The second-order valence-electron chi connectivity index (χ2n) is 5.31. The fraction of sp³-hybridized carbons (Fsp3) is 0.786. The first kappa shape index (κ1) is 14.0. The number of thiazole rings is 1. The van der Waals surface area contributed by atoms with Crippen LogP contribution in [0.3, 0.4) is 0 Å². The van der Waals surface area contributed by atoms with E-state index in [1.54, 1.807) is 11.3 Å². The summed E-state index contributed by atoms with van der Waals surface area (Å²) in [5, 5.41) is 6.94. The summed E-state index contributed by atoms with van der Waals surface area (Å²) in [6.45, 7) is 10.2. The van der Waals surface area contributed by atoms with E-state index in [1.165, 1.54) is 49.6 Å². The molecule has 0 saturated carbocycles. The van der Waals surface area contributed by atoms with Gasteiger partial charge in [-0.15, -0.1) is 11.3 Å². The second-order valence-corrected chi connectivity index (χ2v) is 6.37. The minimum Gasteiger partial charge on any atom is -0.316 e. The fourth-order valence-corrected chi connectivity index (χ4v) is 3.26. The van der Waals surface area contributed by atoms with E-state index in [9.17, 15) is 0 Å². The number of rotatable bonds is 6. The summed E-state index contributed by atoms with van der Waals surface area (Å²) >= 11 is 1.76. The van der Waals surface area contributed by atoms with E-state index >= 15 is 0 Å². The molecule has 18 heavy (non-hydrogen) atoms. The van der Waals surface area contributed by atoms with Crippen molar-refractivity contribution in [1.29, 1.82) is 0 Å². The quantitative estimate of drug-likeness (QED) is 0.803. The Labute approximate surface area is 115 Å². The molecule has 1 aliphatic rings. The molecule has 0 spiro atoms. The fourth-order valence-electron chi connectivity index (χ4n) is 2.65. The molecule has 4 heteroatoms. The van der Waals surface area contributed by atoms with Crippen LogP contribution in [0.4, 0.5) is 0 Å². The molecule has 0 radical (unpaired) electrons. The lowest BCUT2D eigenvalue weighted by Gasteiger charge is -2.32. The highest BCUT2D eigenvalue weighted by molar-refractivity contribution is 7.09. The molecule has 2 rings (SSSR count). The predicted molar refractivity (Wildman–Crippen MR) is 78.0 cm³/mol. The molecule has 3 nitrogen and oxygen atoms in total. The third-order valence-electron chi connectivity index (χ3n) is 3.52. The van der Waals surface area contributed by atoms with Crippen molar-refractivity contribution < 1.29 is 0 Å². The number of piperidine rings is 1. The Kier molecular flexibility index (Phi) is 5.60. The van der Waals surface area contributed by atoms with Crippen LogP contribution in [0.2, 0.25) is 0 Å². The maximum atomic E-state index is 4.57. The van der Waals surface area contributed by atoms with Crippen molar-refractivity contribution in [2.45, 2.75) is 39.7 Å². The zero-order valence-electron chi connectivity index (χ0n) is 11.6. The largest absolute Gasteiger partial charge is 0.316 e. The molecule has 0 amide bonds. The maximum Gasteiger partial charge on any atom is 0.0897 e. The number of nitrogens with one attached hydrogen (secondary N) is 1. The maximum absolute atomic E-state index is 4.57. The van der Waals surface area contributed by atoms with E-state index in [0.717, 1.165) is 19.0 Å². The van der Waals surface area contributed by atoms with Gasteiger partial charge in [0, 0.05) is 18.5 Å². The van der Waals surface area contributed by atoms with Gasteiger partial charge >= 0.3 is 0 Å². The number of hydrogen-bond donors (Lipinski definition) is 1. The smallest absolute Gasteiger partial charge is 0.0897 e. The molecule has 0 bridgehead atoms. The van der Waals surface area contributed by atoms with Crippen molar-refractivity contribution in [1.82, 2.24) is 15.2 Å². The molecule has 1 atom stereocenters. The van der Waals surface area contributed by atoms with Crippen LogP contribution in [0.1, 0.15) is 36.9 Å². The van der Waals surface area contributed by atoms with Gasteiger partial charge in [0.2, 0.25) is 0 Å². The first-order chi connectivity index (χ1) is 8.78. The first-order valence-corrected chi connectivity index (χ1v) is 8.00. The molecule has 1 aliphatic heterocycles. The zero-order chi connectivity index (χ0) is 12.8. The molecule has 1 unspecified atom stereocenters. The average molecular weight is 267 g/mol. The van der Waals surface area contributed by atoms with Crippen LogP contribution >= 0.6 is 11.3 Å². The second kappa shape index (κ2) is 7.22. The molecule has 0 aliphatic carbocycles. The van der Waals surface area contributed by atoms with E-state index in [1.807, 2.05) is 0 Å². The van der Waals surface area contributed by atoms with Crippen LogP contribution in [-0.2, 0) is 6.54 Å². The summed E-state index contributed by atoms with van der Waals surface area (Å²) in [5.74, 6) is 0.824. The SMILES string of the molecule is CCCNCC1CCCN(Cc2csc(C)n2)C1. The Morgan fingerprint density at radius 1 is 1.56 bits per heavy atom. The number of likely N-dealkylation sites (tertiary alicyclic amines) is 1. The lowest BCUT2D eigenvalue weighted by molar-refractivity contribution is 0.164. The molecule has 102 valence electrons. The third-order valence-corrected chi connectivity index (χ3v) is 4.34. The topological polar surface area (TPSA) is 28.2 Å². The van der Waals surface area contributed by atoms with Gasteiger partial charge in [-0.3, -0.25) is 4.90 Å². The Morgan fingerprint density at radius 3 is 3.17 bits per heavy atom. The van der Waals surface area contributed by atoms with Crippen molar-refractivity contribution in [2.24, 2.45) is 5.92 Å². The summed E-state index contributed by atoms with van der Waals surface area (Å²) in [4.78, 5) is 7.13. The Balaban J connectivity index is 1.76. The van der Waals surface area contributed by atoms with Crippen LogP contribution in [0.5, 0.6) is 0 Å². The van der Waals surface area contributed by atoms with E-state index in [-0.39, 0.29) is 0 Å². The molecular formula is C14H25N3S. The summed E-state index contributed by atoms with van der Waals surface area (Å²) in [6, 6.07) is 0. The highest BCUT2D eigenvalue weighted by atomic mass is 32.1. The van der Waals surface area contributed by atoms with Crippen LogP contribution in [0, 0.1) is 12.8 Å². The molecule has 0 aromatic carbocycles. The molecule has 1 aromatic heterocycles. The van der Waals surface area contributed by atoms with Crippen molar-refractivity contribution in [3.63, 3.8) is 0 Å². The molecule has 2 heterocycles. The summed E-state index contributed by atoms with van der Waals surface area (Å²) in [6.07, 6.45) is 3.94. The number of nitrogens with zero attached hydrogens (tertiary/aromatic N) is 2. The molecule has 1 saturated heterocycles. The van der Waals surface area contributed by atoms with Crippen LogP contribution < -0.4 is 5.32 Å². The van der Waals surface area contributed by atoms with Gasteiger partial charge < -0.3 is 5.32 Å². The lowest BCUT2D eigenvalue weighted by atomic mass is 9.98. The van der Waals surface area contributed by atoms with Crippen LogP contribution in [0.25, 0.3) is 0 Å². The van der Waals surface area contributed by atoms with Gasteiger partial charge in [-0.25, -0.2) is 4.98 Å². The van der Waals surface area contributed by atoms with Gasteiger partial charge in [0.1, 0.15) is 0 Å². The molecule has 1 fully saturated rings. The van der Waals surface area contributed by atoms with Gasteiger partial charge in [-0.1, -0.05) is 6.92 Å². The zero-order valence-corrected chi connectivity index (χ0v) is 12.4. The number of aryl methyl sites for hydroxylation is 1. The average Bonchev–Trinajstić information content (AvgIpc) is 2.76. The summed E-state index contributed by atoms with van der Waals surface area (Å²) in [7, 11) is 0. The van der Waals surface area contributed by atoms with Gasteiger partial charge in [0.25, 0.3) is 0 Å². The molecular weight excluding hydrogens is 242 g/mol. The third kappa shape index (κ3) is 4.34. The Morgan fingerprint density at radius 2 is 2.44 bits per heavy atom. The van der Waals surface area contributed by atoms with E-state index < -0.39 is 0 Å². The van der Waals surface area contributed by atoms with Crippen molar-refractivity contribution in [3.05, 3.63) is 16.1 Å². The van der Waals surface area contributed by atoms with Crippen molar-refractivity contribution in [2.75, 3.05) is 26.2 Å². The van der Waals surface area contributed by atoms with Crippen molar-refractivity contribution in [3.8, 4) is 0 Å². The van der Waals surface area contributed by atoms with Gasteiger partial charge in [-0.05, 0) is 51.7 Å². The van der Waals surface area contributed by atoms with E-state index in [4.69, 9.17) is 0 Å². The van der Waals surface area contributed by atoms with E-state index in [2.05, 4.69) is 34.4 Å². The van der Waals surface area contributed by atoms with Gasteiger partial charge in [-0.2, -0.15) is 0 Å². The predicted octanol–water partition coefficient (Wildman–Crippen LogP) is 2.66. The molecule has 1 N–H and O–H groups in total. The monoisotopic (exact) mass is 267 g/mol. The lowest BCUT2D eigenvalue weighted by Crippen LogP contribution is -2.39. The van der Waals surface area contributed by atoms with Gasteiger partial charge in [0.15, 0.2) is 0 Å². The highest BCUT2D eigenvalue weighted by Crippen LogP contribution is 2.18. The number of hydrogen-bond acceptors (Lipinski definition) is 4. The standard InChI is InChI=1S/C14H25N3S/c1-3-6-15-8-13-5-4-7-17(9-13)10-14-11-18-12(2)16-14/h11,13,15H,3-10H2,1-2H3. The van der Waals surface area contributed by atoms with Crippen LogP contribution in [-0.4, -0.2) is 36.1 Å². The highest BCUT2D eigenvalue weighted by Gasteiger charge is 2.20. The summed E-state index contributed by atoms with van der Waals surface area (Å²) in [5.41, 5.74) is 1.25. The number of aromatic nitrogens is 1. The van der Waals surface area contributed by atoms with Crippen molar-refractivity contribution >= 4 is 11.3 Å². The minimum absolute atomic E-state index is 0.824. The minimum atomic E-state index is 0.824. The first-order valence-electron chi connectivity index (χ1n) is 7.12. The van der Waals surface area contributed by atoms with Gasteiger partial charge in [0.05, 0.1) is 10.7 Å².